The molecule has 1 fully saturated rings. The molecule has 1 aromatic rings. The monoisotopic (exact) mass is 264 g/mol. The van der Waals surface area contributed by atoms with Crippen LogP contribution in [0, 0.1) is 0 Å². The molecule has 3 nitrogen and oxygen atoms in total. The summed E-state index contributed by atoms with van der Waals surface area (Å²) in [7, 11) is 0. The van der Waals surface area contributed by atoms with Crippen molar-refractivity contribution in [3.63, 3.8) is 0 Å². The molecule has 2 heterocycles. The highest BCUT2D eigenvalue weighted by atomic mass is 16.3. The lowest BCUT2D eigenvalue weighted by Crippen LogP contribution is -2.38. The zero-order valence-electron chi connectivity index (χ0n) is 13.0. The largest absolute Gasteiger partial charge is 0.468 e. The third-order valence-corrected chi connectivity index (χ3v) is 4.05. The van der Waals surface area contributed by atoms with Crippen LogP contribution in [0.15, 0.2) is 16.7 Å². The maximum atomic E-state index is 5.70. The Bertz CT molecular complexity index is 415. The van der Waals surface area contributed by atoms with Gasteiger partial charge in [0.1, 0.15) is 5.76 Å². The molecule has 3 heteroatoms. The van der Waals surface area contributed by atoms with Crippen LogP contribution in [0.5, 0.6) is 0 Å². The molecule has 0 radical (unpaired) electrons. The summed E-state index contributed by atoms with van der Waals surface area (Å²) in [4.78, 5) is 2.53. The summed E-state index contributed by atoms with van der Waals surface area (Å²) in [5.74, 6) is 1.12. The topological polar surface area (TPSA) is 28.4 Å². The Morgan fingerprint density at radius 1 is 1.37 bits per heavy atom. The molecular weight excluding hydrogens is 236 g/mol. The molecule has 1 saturated heterocycles. The zero-order chi connectivity index (χ0) is 14.1. The van der Waals surface area contributed by atoms with Gasteiger partial charge in [0.25, 0.3) is 0 Å². The molecule has 0 unspecified atom stereocenters. The summed E-state index contributed by atoms with van der Waals surface area (Å²) >= 11 is 0. The molecule has 1 N–H and O–H groups in total. The van der Waals surface area contributed by atoms with Crippen molar-refractivity contribution in [1.82, 2.24) is 10.2 Å². The van der Waals surface area contributed by atoms with Crippen molar-refractivity contribution in [2.45, 2.75) is 71.6 Å². The molecule has 0 aromatic carbocycles. The van der Waals surface area contributed by atoms with Crippen LogP contribution in [0.2, 0.25) is 0 Å². The summed E-state index contributed by atoms with van der Waals surface area (Å²) < 4.78 is 5.70. The number of nitrogens with one attached hydrogen (secondary N) is 1. The predicted molar refractivity (Wildman–Crippen MR) is 79.0 cm³/mol. The minimum atomic E-state index is 0.140. The lowest BCUT2D eigenvalue weighted by atomic mass is 10.0. The molecule has 0 aliphatic carbocycles. The van der Waals surface area contributed by atoms with E-state index in [-0.39, 0.29) is 5.54 Å². The summed E-state index contributed by atoms with van der Waals surface area (Å²) in [6.07, 6.45) is 4.39. The van der Waals surface area contributed by atoms with Gasteiger partial charge in [0, 0.05) is 23.2 Å². The molecular formula is C16H28N2O. The smallest absolute Gasteiger partial charge is 0.122 e. The molecule has 0 saturated carbocycles. The number of likely N-dealkylation sites (tertiary alicyclic amines) is 1. The average Bonchev–Trinajstić information content (AvgIpc) is 2.83. The number of furan rings is 1. The van der Waals surface area contributed by atoms with E-state index in [4.69, 9.17) is 4.42 Å². The molecule has 19 heavy (non-hydrogen) atoms. The average molecular weight is 264 g/mol. The van der Waals surface area contributed by atoms with Crippen molar-refractivity contribution in [2.75, 3.05) is 6.54 Å². The van der Waals surface area contributed by atoms with E-state index in [1.807, 2.05) is 6.26 Å². The normalized spacial score (nSPS) is 20.1. The molecule has 0 amide bonds. The van der Waals surface area contributed by atoms with E-state index < -0.39 is 0 Å². The fourth-order valence-electron chi connectivity index (χ4n) is 2.65. The molecule has 108 valence electrons. The minimum absolute atomic E-state index is 0.140. The first-order valence-corrected chi connectivity index (χ1v) is 7.33. The number of hydrogen-bond donors (Lipinski definition) is 1. The second-order valence-electron chi connectivity index (χ2n) is 7.31. The molecule has 0 atom stereocenters. The van der Waals surface area contributed by atoms with Crippen molar-refractivity contribution in [1.29, 1.82) is 0 Å². The summed E-state index contributed by atoms with van der Waals surface area (Å²) in [5.41, 5.74) is 1.74. The van der Waals surface area contributed by atoms with E-state index in [9.17, 15) is 0 Å². The minimum Gasteiger partial charge on any atom is -0.468 e. The fourth-order valence-corrected chi connectivity index (χ4v) is 2.65. The zero-order valence-corrected chi connectivity index (χ0v) is 13.0. The van der Waals surface area contributed by atoms with E-state index >= 15 is 0 Å². The Labute approximate surface area is 117 Å². The fraction of sp³-hybridized carbons (Fsp3) is 0.750. The van der Waals surface area contributed by atoms with Gasteiger partial charge >= 0.3 is 0 Å². The first-order valence-electron chi connectivity index (χ1n) is 7.33. The van der Waals surface area contributed by atoms with Crippen LogP contribution in [-0.2, 0) is 13.1 Å². The molecule has 1 aliphatic rings. The van der Waals surface area contributed by atoms with Crippen molar-refractivity contribution in [3.8, 4) is 0 Å². The van der Waals surface area contributed by atoms with E-state index in [1.54, 1.807) is 0 Å². The van der Waals surface area contributed by atoms with Gasteiger partial charge in [0.05, 0.1) is 12.8 Å². The lowest BCUT2D eigenvalue weighted by molar-refractivity contribution is 0.153. The highest BCUT2D eigenvalue weighted by molar-refractivity contribution is 5.17. The van der Waals surface area contributed by atoms with Crippen molar-refractivity contribution < 1.29 is 4.42 Å². The van der Waals surface area contributed by atoms with Crippen molar-refractivity contribution in [2.24, 2.45) is 0 Å². The number of rotatable bonds is 4. The Balaban J connectivity index is 2.00. The maximum absolute atomic E-state index is 5.70. The molecule has 1 aliphatic heterocycles. The van der Waals surface area contributed by atoms with Gasteiger partial charge in [-0.2, -0.15) is 0 Å². The molecule has 0 bridgehead atoms. The van der Waals surface area contributed by atoms with Gasteiger partial charge in [-0.15, -0.1) is 0 Å². The number of nitrogens with zero attached hydrogens (tertiary/aromatic N) is 1. The lowest BCUT2D eigenvalue weighted by Gasteiger charge is -2.31. The van der Waals surface area contributed by atoms with E-state index in [0.717, 1.165) is 18.8 Å². The van der Waals surface area contributed by atoms with Gasteiger partial charge < -0.3 is 9.73 Å². The van der Waals surface area contributed by atoms with Crippen LogP contribution in [0.4, 0.5) is 0 Å². The number of hydrogen-bond acceptors (Lipinski definition) is 3. The Hall–Kier alpha value is -0.800. The van der Waals surface area contributed by atoms with Crippen LogP contribution in [0.3, 0.4) is 0 Å². The summed E-state index contributed by atoms with van der Waals surface area (Å²) in [6.45, 7) is 14.2. The Morgan fingerprint density at radius 2 is 2.11 bits per heavy atom. The third-order valence-electron chi connectivity index (χ3n) is 4.05. The van der Waals surface area contributed by atoms with E-state index in [2.05, 4.69) is 50.9 Å². The Kier molecular flexibility index (Phi) is 4.07. The quantitative estimate of drug-likeness (QED) is 0.901. The van der Waals surface area contributed by atoms with E-state index in [1.165, 1.54) is 24.9 Å². The highest BCUT2D eigenvalue weighted by Gasteiger charge is 2.32. The van der Waals surface area contributed by atoms with Crippen molar-refractivity contribution in [3.05, 3.63) is 23.7 Å². The summed E-state index contributed by atoms with van der Waals surface area (Å²) in [5, 5.41) is 3.53. The first-order chi connectivity index (χ1) is 8.78. The second kappa shape index (κ2) is 5.29. The van der Waals surface area contributed by atoms with Crippen LogP contribution >= 0.6 is 0 Å². The highest BCUT2D eigenvalue weighted by Crippen LogP contribution is 2.30. The SMILES string of the molecule is CC(C)(C)NCc1ccoc1CN1CCCC1(C)C. The van der Waals surface area contributed by atoms with Crippen LogP contribution in [0.1, 0.15) is 58.8 Å². The Morgan fingerprint density at radius 3 is 2.68 bits per heavy atom. The third kappa shape index (κ3) is 3.83. The van der Waals surface area contributed by atoms with Crippen LogP contribution in [-0.4, -0.2) is 22.5 Å². The maximum Gasteiger partial charge on any atom is 0.122 e. The van der Waals surface area contributed by atoms with E-state index in [0.29, 0.717) is 5.54 Å². The molecule has 1 aromatic heterocycles. The van der Waals surface area contributed by atoms with Gasteiger partial charge in [-0.05, 0) is 60.1 Å². The predicted octanol–water partition coefficient (Wildman–Crippen LogP) is 3.54. The second-order valence-corrected chi connectivity index (χ2v) is 7.31. The van der Waals surface area contributed by atoms with Gasteiger partial charge in [0.15, 0.2) is 0 Å². The van der Waals surface area contributed by atoms with Crippen LogP contribution in [0.25, 0.3) is 0 Å². The van der Waals surface area contributed by atoms with Gasteiger partial charge in [-0.1, -0.05) is 0 Å². The standard InChI is InChI=1S/C16H28N2O/c1-15(2,3)17-11-13-7-10-19-14(13)12-18-9-6-8-16(18,4)5/h7,10,17H,6,8-9,11-12H2,1-5H3. The van der Waals surface area contributed by atoms with Crippen molar-refractivity contribution >= 4 is 0 Å². The van der Waals surface area contributed by atoms with Crippen LogP contribution < -0.4 is 5.32 Å². The van der Waals surface area contributed by atoms with Gasteiger partial charge in [0.2, 0.25) is 0 Å². The van der Waals surface area contributed by atoms with Gasteiger partial charge in [-0.25, -0.2) is 0 Å². The van der Waals surface area contributed by atoms with Gasteiger partial charge in [-0.3, -0.25) is 4.90 Å². The summed E-state index contributed by atoms with van der Waals surface area (Å²) in [6, 6.07) is 2.09. The first kappa shape index (κ1) is 14.6. The molecule has 0 spiro atoms. The molecule has 2 rings (SSSR count).